The lowest BCUT2D eigenvalue weighted by molar-refractivity contribution is 0.106. The van der Waals surface area contributed by atoms with Gasteiger partial charge in [-0.25, -0.2) is 8.42 Å². The number of likely N-dealkylation sites (tertiary alicyclic amines) is 1. The minimum atomic E-state index is -3.82. The summed E-state index contributed by atoms with van der Waals surface area (Å²) in [4.78, 5) is 2.25. The molecule has 9 heteroatoms. The molecule has 4 rings (SSSR count). The number of aromatic nitrogens is 2. The standard InChI is InChI=1S/C24H30N4O4S/c1-26-14-12-21(26)18-27-15-13-24(25-27)33(29,30)28(16-19-4-8-22(31-2)9-5-19)17-20-6-10-23(32-3)11-7-20/h4-11,13,15,21H,12,14,16-18H2,1-3H3/t21-/m0/s1. The highest BCUT2D eigenvalue weighted by atomic mass is 32.2. The molecule has 0 saturated carbocycles. The second kappa shape index (κ2) is 9.94. The molecule has 1 aliphatic heterocycles. The zero-order valence-electron chi connectivity index (χ0n) is 19.2. The molecule has 0 N–H and O–H groups in total. The Hall–Kier alpha value is -2.88. The van der Waals surface area contributed by atoms with Crippen LogP contribution in [0.15, 0.2) is 65.8 Å². The maximum absolute atomic E-state index is 13.6. The van der Waals surface area contributed by atoms with Gasteiger partial charge >= 0.3 is 0 Å². The summed E-state index contributed by atoms with van der Waals surface area (Å²) >= 11 is 0. The monoisotopic (exact) mass is 470 g/mol. The molecule has 1 aromatic heterocycles. The van der Waals surface area contributed by atoms with Crippen LogP contribution >= 0.6 is 0 Å². The van der Waals surface area contributed by atoms with Crippen LogP contribution in [0.5, 0.6) is 11.5 Å². The predicted octanol–water partition coefficient (Wildman–Crippen LogP) is 3.00. The topological polar surface area (TPSA) is 76.9 Å². The third-order valence-electron chi connectivity index (χ3n) is 6.09. The van der Waals surface area contributed by atoms with Crippen molar-refractivity contribution >= 4 is 10.0 Å². The number of methoxy groups -OCH3 is 2. The van der Waals surface area contributed by atoms with E-state index in [1.807, 2.05) is 48.5 Å². The normalized spacial score (nSPS) is 16.5. The SMILES string of the molecule is COc1ccc(CN(Cc2ccc(OC)cc2)S(=O)(=O)c2ccn(C[C@@H]3CCN3C)n2)cc1. The van der Waals surface area contributed by atoms with Crippen molar-refractivity contribution in [1.29, 1.82) is 0 Å². The summed E-state index contributed by atoms with van der Waals surface area (Å²) in [5.41, 5.74) is 1.73. The summed E-state index contributed by atoms with van der Waals surface area (Å²) in [6, 6.07) is 16.8. The summed E-state index contributed by atoms with van der Waals surface area (Å²) in [6.45, 7) is 2.19. The largest absolute Gasteiger partial charge is 0.497 e. The van der Waals surface area contributed by atoms with E-state index in [0.717, 1.165) is 35.6 Å². The van der Waals surface area contributed by atoms with Crippen molar-refractivity contribution in [3.8, 4) is 11.5 Å². The molecule has 3 aromatic rings. The molecule has 0 radical (unpaired) electrons. The van der Waals surface area contributed by atoms with Gasteiger partial charge in [-0.05, 0) is 61.5 Å². The fourth-order valence-corrected chi connectivity index (χ4v) is 5.17. The molecule has 2 aromatic carbocycles. The van der Waals surface area contributed by atoms with Crippen molar-refractivity contribution in [2.75, 3.05) is 27.8 Å². The number of likely N-dealkylation sites (N-methyl/N-ethyl adjacent to an activating group) is 1. The first kappa shape index (κ1) is 23.3. The lowest BCUT2D eigenvalue weighted by atomic mass is 10.1. The summed E-state index contributed by atoms with van der Waals surface area (Å²) in [6.07, 6.45) is 2.84. The van der Waals surface area contributed by atoms with E-state index < -0.39 is 10.0 Å². The quantitative estimate of drug-likeness (QED) is 0.453. The van der Waals surface area contributed by atoms with Gasteiger partial charge in [0.2, 0.25) is 0 Å². The Kier molecular flexibility index (Phi) is 7.02. The van der Waals surface area contributed by atoms with E-state index in [2.05, 4.69) is 17.0 Å². The van der Waals surface area contributed by atoms with Gasteiger partial charge < -0.3 is 14.4 Å². The molecule has 1 fully saturated rings. The molecule has 0 amide bonds. The second-order valence-corrected chi connectivity index (χ2v) is 10.2. The average Bonchev–Trinajstić information content (AvgIpc) is 3.32. The first-order valence-corrected chi connectivity index (χ1v) is 12.3. The Morgan fingerprint density at radius 1 is 0.939 bits per heavy atom. The van der Waals surface area contributed by atoms with Crippen LogP contribution in [0.3, 0.4) is 0 Å². The van der Waals surface area contributed by atoms with E-state index in [0.29, 0.717) is 12.6 Å². The first-order valence-electron chi connectivity index (χ1n) is 10.9. The maximum atomic E-state index is 13.6. The van der Waals surface area contributed by atoms with Gasteiger partial charge in [0, 0.05) is 25.3 Å². The highest BCUT2D eigenvalue weighted by molar-refractivity contribution is 7.89. The lowest BCUT2D eigenvalue weighted by Gasteiger charge is -2.37. The van der Waals surface area contributed by atoms with Crippen LogP contribution in [-0.4, -0.2) is 61.3 Å². The molecule has 1 atom stereocenters. The predicted molar refractivity (Wildman–Crippen MR) is 126 cm³/mol. The number of hydrogen-bond acceptors (Lipinski definition) is 6. The molecule has 0 aliphatic carbocycles. The highest BCUT2D eigenvalue weighted by Gasteiger charge is 2.29. The number of nitrogens with zero attached hydrogens (tertiary/aromatic N) is 4. The average molecular weight is 471 g/mol. The second-order valence-electron chi connectivity index (χ2n) is 8.27. The molecular formula is C24H30N4O4S. The Balaban J connectivity index is 1.59. The van der Waals surface area contributed by atoms with Crippen LogP contribution in [0.1, 0.15) is 17.5 Å². The van der Waals surface area contributed by atoms with Gasteiger partial charge in [0.1, 0.15) is 11.5 Å². The van der Waals surface area contributed by atoms with E-state index in [9.17, 15) is 8.42 Å². The fraction of sp³-hybridized carbons (Fsp3) is 0.375. The summed E-state index contributed by atoms with van der Waals surface area (Å²) < 4.78 is 40.9. The number of rotatable bonds is 10. The zero-order valence-corrected chi connectivity index (χ0v) is 20.0. The van der Waals surface area contributed by atoms with Crippen LogP contribution < -0.4 is 9.47 Å². The highest BCUT2D eigenvalue weighted by Crippen LogP contribution is 2.23. The van der Waals surface area contributed by atoms with E-state index in [-0.39, 0.29) is 18.1 Å². The minimum absolute atomic E-state index is 0.0616. The van der Waals surface area contributed by atoms with Crippen molar-refractivity contribution in [2.45, 2.75) is 37.1 Å². The molecule has 176 valence electrons. The minimum Gasteiger partial charge on any atom is -0.497 e. The Morgan fingerprint density at radius 2 is 1.48 bits per heavy atom. The fourth-order valence-electron chi connectivity index (χ4n) is 3.83. The van der Waals surface area contributed by atoms with E-state index in [1.54, 1.807) is 31.2 Å². The van der Waals surface area contributed by atoms with Gasteiger partial charge in [-0.2, -0.15) is 9.40 Å². The van der Waals surface area contributed by atoms with Crippen LogP contribution in [0.25, 0.3) is 0 Å². The van der Waals surface area contributed by atoms with Crippen LogP contribution in [0.2, 0.25) is 0 Å². The van der Waals surface area contributed by atoms with Crippen LogP contribution in [-0.2, 0) is 29.7 Å². The number of hydrogen-bond donors (Lipinski definition) is 0. The van der Waals surface area contributed by atoms with Crippen LogP contribution in [0, 0.1) is 0 Å². The van der Waals surface area contributed by atoms with Crippen molar-refractivity contribution in [3.63, 3.8) is 0 Å². The number of benzene rings is 2. The zero-order chi connectivity index (χ0) is 23.4. The van der Waals surface area contributed by atoms with Gasteiger partial charge in [-0.15, -0.1) is 0 Å². The lowest BCUT2D eigenvalue weighted by Crippen LogP contribution is -2.47. The van der Waals surface area contributed by atoms with Crippen LogP contribution in [0.4, 0.5) is 0 Å². The Bertz CT molecular complexity index is 1110. The van der Waals surface area contributed by atoms with Gasteiger partial charge in [0.15, 0.2) is 5.03 Å². The molecule has 2 heterocycles. The number of sulfonamides is 1. The molecular weight excluding hydrogens is 440 g/mol. The molecule has 33 heavy (non-hydrogen) atoms. The van der Waals surface area contributed by atoms with Crippen molar-refractivity contribution in [3.05, 3.63) is 71.9 Å². The van der Waals surface area contributed by atoms with Gasteiger partial charge in [0.25, 0.3) is 10.0 Å². The van der Waals surface area contributed by atoms with Gasteiger partial charge in [-0.3, -0.25) is 4.68 Å². The molecule has 1 aliphatic rings. The molecule has 1 saturated heterocycles. The number of ether oxygens (including phenoxy) is 2. The molecule has 8 nitrogen and oxygen atoms in total. The van der Waals surface area contributed by atoms with Gasteiger partial charge in [0.05, 0.1) is 20.8 Å². The summed E-state index contributed by atoms with van der Waals surface area (Å²) in [5, 5.41) is 4.48. The Labute approximate surface area is 195 Å². The molecule has 0 spiro atoms. The van der Waals surface area contributed by atoms with E-state index >= 15 is 0 Å². The Morgan fingerprint density at radius 3 is 1.91 bits per heavy atom. The third kappa shape index (κ3) is 5.38. The maximum Gasteiger partial charge on any atom is 0.262 e. The van der Waals surface area contributed by atoms with E-state index in [4.69, 9.17) is 9.47 Å². The molecule has 0 bridgehead atoms. The molecule has 0 unspecified atom stereocenters. The summed E-state index contributed by atoms with van der Waals surface area (Å²) in [5.74, 6) is 1.45. The third-order valence-corrected chi connectivity index (χ3v) is 7.78. The summed E-state index contributed by atoms with van der Waals surface area (Å²) in [7, 11) is 1.46. The van der Waals surface area contributed by atoms with Crippen molar-refractivity contribution < 1.29 is 17.9 Å². The first-order chi connectivity index (χ1) is 15.9. The van der Waals surface area contributed by atoms with Crippen molar-refractivity contribution in [1.82, 2.24) is 19.0 Å². The smallest absolute Gasteiger partial charge is 0.262 e. The van der Waals surface area contributed by atoms with Gasteiger partial charge in [-0.1, -0.05) is 24.3 Å². The van der Waals surface area contributed by atoms with E-state index in [1.165, 1.54) is 4.31 Å². The van der Waals surface area contributed by atoms with Crippen molar-refractivity contribution in [2.24, 2.45) is 0 Å².